The number of aryl methyl sites for hydroxylation is 1. The minimum atomic E-state index is 0.603. The number of nitrogens with one attached hydrogen (secondary N) is 2. The van der Waals surface area contributed by atoms with Crippen molar-refractivity contribution in [2.75, 3.05) is 13.2 Å². The molecular formula is C19H29N5O. The molecule has 1 aromatic heterocycles. The molecule has 0 aliphatic carbocycles. The lowest BCUT2D eigenvalue weighted by Crippen LogP contribution is -2.37. The predicted octanol–water partition coefficient (Wildman–Crippen LogP) is 2.85. The molecule has 0 fully saturated rings. The van der Waals surface area contributed by atoms with Gasteiger partial charge in [-0.3, -0.25) is 4.68 Å². The summed E-state index contributed by atoms with van der Waals surface area (Å²) in [6, 6.07) is 10.1. The number of ether oxygens (including phenoxy) is 1. The number of guanidine groups is 1. The lowest BCUT2D eigenvalue weighted by Gasteiger charge is -2.12. The maximum atomic E-state index is 5.76. The smallest absolute Gasteiger partial charge is 0.191 e. The van der Waals surface area contributed by atoms with E-state index in [2.05, 4.69) is 46.7 Å². The van der Waals surface area contributed by atoms with Gasteiger partial charge in [-0.15, -0.1) is 0 Å². The topological polar surface area (TPSA) is 63.5 Å². The second kappa shape index (κ2) is 10.4. The molecule has 0 atom stereocenters. The summed E-state index contributed by atoms with van der Waals surface area (Å²) in [5, 5.41) is 10.8. The van der Waals surface area contributed by atoms with Crippen LogP contribution in [0.4, 0.5) is 0 Å². The van der Waals surface area contributed by atoms with E-state index in [1.54, 1.807) is 6.20 Å². The zero-order chi connectivity index (χ0) is 17.9. The Bertz CT molecular complexity index is 665. The maximum absolute atomic E-state index is 5.76. The first kappa shape index (κ1) is 18.8. The lowest BCUT2D eigenvalue weighted by molar-refractivity contribution is 0.309. The van der Waals surface area contributed by atoms with E-state index in [9.17, 15) is 0 Å². The molecular weight excluding hydrogens is 314 g/mol. The Morgan fingerprint density at radius 2 is 2.12 bits per heavy atom. The molecule has 0 spiro atoms. The van der Waals surface area contributed by atoms with Crippen LogP contribution in [0.25, 0.3) is 0 Å². The van der Waals surface area contributed by atoms with Crippen molar-refractivity contribution in [3.8, 4) is 5.75 Å². The van der Waals surface area contributed by atoms with Crippen LogP contribution in [0, 0.1) is 0 Å². The second-order valence-electron chi connectivity index (χ2n) is 5.84. The monoisotopic (exact) mass is 343 g/mol. The van der Waals surface area contributed by atoms with Crippen molar-refractivity contribution in [2.45, 2.75) is 39.8 Å². The summed E-state index contributed by atoms with van der Waals surface area (Å²) in [5.74, 6) is 1.70. The van der Waals surface area contributed by atoms with Crippen LogP contribution in [-0.2, 0) is 20.1 Å². The normalized spacial score (nSPS) is 11.4. The summed E-state index contributed by atoms with van der Waals surface area (Å²) in [4.78, 5) is 4.66. The molecule has 0 aliphatic rings. The van der Waals surface area contributed by atoms with Crippen molar-refractivity contribution < 1.29 is 4.74 Å². The summed E-state index contributed by atoms with van der Waals surface area (Å²) in [5.41, 5.74) is 2.24. The van der Waals surface area contributed by atoms with Gasteiger partial charge >= 0.3 is 0 Å². The molecule has 1 heterocycles. The fraction of sp³-hybridized carbons (Fsp3) is 0.474. The Labute approximate surface area is 150 Å². The summed E-state index contributed by atoms with van der Waals surface area (Å²) < 4.78 is 7.62. The minimum absolute atomic E-state index is 0.603. The van der Waals surface area contributed by atoms with E-state index >= 15 is 0 Å². The molecule has 0 unspecified atom stereocenters. The first-order valence-electron chi connectivity index (χ1n) is 8.93. The Kier molecular flexibility index (Phi) is 7.82. The Morgan fingerprint density at radius 1 is 1.24 bits per heavy atom. The number of benzene rings is 1. The third-order valence-electron chi connectivity index (χ3n) is 3.79. The van der Waals surface area contributed by atoms with Gasteiger partial charge in [0.2, 0.25) is 0 Å². The molecule has 25 heavy (non-hydrogen) atoms. The van der Waals surface area contributed by atoms with Crippen LogP contribution in [0.5, 0.6) is 5.75 Å². The molecule has 0 amide bonds. The molecule has 0 bridgehead atoms. The Hall–Kier alpha value is -2.50. The van der Waals surface area contributed by atoms with Gasteiger partial charge < -0.3 is 15.4 Å². The van der Waals surface area contributed by atoms with Gasteiger partial charge in [0.1, 0.15) is 5.75 Å². The molecule has 0 aliphatic heterocycles. The number of nitrogens with zero attached hydrogens (tertiary/aromatic N) is 3. The Balaban J connectivity index is 1.93. The molecule has 2 N–H and O–H groups in total. The molecule has 2 rings (SSSR count). The SMILES string of the molecule is CCCCOc1cccc(CN=C(NCC)NCc2ccnn2C)c1. The number of aromatic nitrogens is 2. The molecule has 6 heteroatoms. The number of rotatable bonds is 9. The molecule has 2 aromatic rings. The second-order valence-corrected chi connectivity index (χ2v) is 5.84. The van der Waals surface area contributed by atoms with Crippen molar-refractivity contribution in [1.82, 2.24) is 20.4 Å². The van der Waals surface area contributed by atoms with E-state index in [1.807, 2.05) is 29.9 Å². The van der Waals surface area contributed by atoms with Crippen LogP contribution in [-0.4, -0.2) is 28.9 Å². The van der Waals surface area contributed by atoms with E-state index in [0.717, 1.165) is 49.0 Å². The quantitative estimate of drug-likeness (QED) is 0.417. The average molecular weight is 343 g/mol. The molecule has 1 aromatic carbocycles. The lowest BCUT2D eigenvalue weighted by atomic mass is 10.2. The van der Waals surface area contributed by atoms with Crippen LogP contribution >= 0.6 is 0 Å². The molecule has 0 saturated heterocycles. The van der Waals surface area contributed by atoms with Gasteiger partial charge in [0.15, 0.2) is 5.96 Å². The largest absolute Gasteiger partial charge is 0.494 e. The van der Waals surface area contributed by atoms with E-state index < -0.39 is 0 Å². The fourth-order valence-electron chi connectivity index (χ4n) is 2.33. The number of hydrogen-bond acceptors (Lipinski definition) is 3. The number of aliphatic imine (C=N–C) groups is 1. The van der Waals surface area contributed by atoms with E-state index in [4.69, 9.17) is 4.74 Å². The van der Waals surface area contributed by atoms with Gasteiger partial charge in [0.25, 0.3) is 0 Å². The van der Waals surface area contributed by atoms with Crippen LogP contribution in [0.2, 0.25) is 0 Å². The Morgan fingerprint density at radius 3 is 2.84 bits per heavy atom. The highest BCUT2D eigenvalue weighted by Crippen LogP contribution is 2.14. The van der Waals surface area contributed by atoms with Crippen LogP contribution in [0.3, 0.4) is 0 Å². The minimum Gasteiger partial charge on any atom is -0.494 e. The van der Waals surface area contributed by atoms with Crippen molar-refractivity contribution in [1.29, 1.82) is 0 Å². The van der Waals surface area contributed by atoms with Gasteiger partial charge in [-0.2, -0.15) is 5.10 Å². The van der Waals surface area contributed by atoms with Crippen molar-refractivity contribution in [3.63, 3.8) is 0 Å². The summed E-state index contributed by atoms with van der Waals surface area (Å²) in [6.45, 7) is 7.09. The highest BCUT2D eigenvalue weighted by atomic mass is 16.5. The fourth-order valence-corrected chi connectivity index (χ4v) is 2.33. The van der Waals surface area contributed by atoms with E-state index in [-0.39, 0.29) is 0 Å². The first-order chi connectivity index (χ1) is 12.2. The maximum Gasteiger partial charge on any atom is 0.191 e. The first-order valence-corrected chi connectivity index (χ1v) is 8.93. The van der Waals surface area contributed by atoms with Gasteiger partial charge in [-0.25, -0.2) is 4.99 Å². The molecule has 0 saturated carbocycles. The van der Waals surface area contributed by atoms with Crippen LogP contribution < -0.4 is 15.4 Å². The number of hydrogen-bond donors (Lipinski definition) is 2. The third kappa shape index (κ3) is 6.49. The van der Waals surface area contributed by atoms with Crippen LogP contribution in [0.1, 0.15) is 37.9 Å². The zero-order valence-corrected chi connectivity index (χ0v) is 15.5. The standard InChI is InChI=1S/C19H29N5O/c1-4-6-12-25-18-9-7-8-16(13-18)14-21-19(20-5-2)22-15-17-10-11-23-24(17)3/h7-11,13H,4-6,12,14-15H2,1-3H3,(H2,20,21,22). The number of unbranched alkanes of at least 4 members (excludes halogenated alkanes) is 1. The molecule has 0 radical (unpaired) electrons. The van der Waals surface area contributed by atoms with E-state index in [0.29, 0.717) is 13.1 Å². The van der Waals surface area contributed by atoms with Crippen molar-refractivity contribution in [3.05, 3.63) is 47.8 Å². The van der Waals surface area contributed by atoms with E-state index in [1.165, 1.54) is 0 Å². The van der Waals surface area contributed by atoms with Gasteiger partial charge in [0.05, 0.1) is 25.4 Å². The highest BCUT2D eigenvalue weighted by Gasteiger charge is 2.02. The summed E-state index contributed by atoms with van der Waals surface area (Å²) in [6.07, 6.45) is 4.01. The van der Waals surface area contributed by atoms with Gasteiger partial charge in [-0.1, -0.05) is 25.5 Å². The summed E-state index contributed by atoms with van der Waals surface area (Å²) >= 11 is 0. The third-order valence-corrected chi connectivity index (χ3v) is 3.79. The highest BCUT2D eigenvalue weighted by molar-refractivity contribution is 5.79. The van der Waals surface area contributed by atoms with Crippen molar-refractivity contribution >= 4 is 5.96 Å². The predicted molar refractivity (Wildman–Crippen MR) is 102 cm³/mol. The van der Waals surface area contributed by atoms with Gasteiger partial charge in [-0.05, 0) is 37.1 Å². The molecule has 6 nitrogen and oxygen atoms in total. The van der Waals surface area contributed by atoms with Crippen LogP contribution in [0.15, 0.2) is 41.5 Å². The zero-order valence-electron chi connectivity index (χ0n) is 15.5. The molecule has 136 valence electrons. The summed E-state index contributed by atoms with van der Waals surface area (Å²) in [7, 11) is 1.94. The van der Waals surface area contributed by atoms with Gasteiger partial charge in [0, 0.05) is 19.8 Å². The average Bonchev–Trinajstić information content (AvgIpc) is 3.03. The van der Waals surface area contributed by atoms with Crippen molar-refractivity contribution in [2.24, 2.45) is 12.0 Å².